The number of imidazole rings is 1. The van der Waals surface area contributed by atoms with Crippen LogP contribution in [0, 0.1) is 0 Å². The summed E-state index contributed by atoms with van der Waals surface area (Å²) in [6, 6.07) is 4.89. The largest absolute Gasteiger partial charge is 0.416 e. The number of aliphatic hydroxyl groups excluding tert-OH is 1. The quantitative estimate of drug-likeness (QED) is 0.943. The highest BCUT2D eigenvalue weighted by molar-refractivity contribution is 7.99. The highest BCUT2D eigenvalue weighted by Crippen LogP contribution is 2.32. The summed E-state index contributed by atoms with van der Waals surface area (Å²) in [6.45, 7) is -0.128. The third kappa shape index (κ3) is 3.10. The predicted molar refractivity (Wildman–Crippen MR) is 64.7 cm³/mol. The van der Waals surface area contributed by atoms with E-state index in [1.165, 1.54) is 30.1 Å². The summed E-state index contributed by atoms with van der Waals surface area (Å²) in [4.78, 5) is 4.76. The summed E-state index contributed by atoms with van der Waals surface area (Å²) >= 11 is 1.24. The SMILES string of the molecule is Cn1c(CO)cnc1Sc1ccc(C(F)(F)F)cc1. The van der Waals surface area contributed by atoms with E-state index in [9.17, 15) is 13.2 Å². The second-order valence-corrected chi connectivity index (χ2v) is 4.91. The van der Waals surface area contributed by atoms with Crippen molar-refractivity contribution >= 4 is 11.8 Å². The lowest BCUT2D eigenvalue weighted by molar-refractivity contribution is -0.137. The standard InChI is InChI=1S/C12H11F3N2OS/c1-17-9(7-18)6-16-11(17)19-10-4-2-8(3-5-10)12(13,14)15/h2-6,18H,7H2,1H3. The molecule has 102 valence electrons. The van der Waals surface area contributed by atoms with E-state index >= 15 is 0 Å². The maximum atomic E-state index is 12.4. The molecule has 2 aromatic rings. The van der Waals surface area contributed by atoms with Gasteiger partial charge in [-0.05, 0) is 24.3 Å². The van der Waals surface area contributed by atoms with E-state index in [1.54, 1.807) is 11.6 Å². The third-order valence-corrected chi connectivity index (χ3v) is 3.66. The number of rotatable bonds is 3. The fourth-order valence-electron chi connectivity index (χ4n) is 1.48. The summed E-state index contributed by atoms with van der Waals surface area (Å²) in [5.74, 6) is 0. The maximum absolute atomic E-state index is 12.4. The molecule has 2 rings (SSSR count). The first-order chi connectivity index (χ1) is 8.91. The lowest BCUT2D eigenvalue weighted by atomic mass is 10.2. The molecule has 19 heavy (non-hydrogen) atoms. The summed E-state index contributed by atoms with van der Waals surface area (Å²) in [7, 11) is 1.74. The van der Waals surface area contributed by atoms with Gasteiger partial charge in [0.05, 0.1) is 24.1 Å². The topological polar surface area (TPSA) is 38.0 Å². The van der Waals surface area contributed by atoms with Crippen LogP contribution in [0.4, 0.5) is 13.2 Å². The molecule has 0 aliphatic carbocycles. The third-order valence-electron chi connectivity index (χ3n) is 2.59. The first kappa shape index (κ1) is 14.0. The van der Waals surface area contributed by atoms with Crippen molar-refractivity contribution in [2.45, 2.75) is 22.8 Å². The van der Waals surface area contributed by atoms with E-state index < -0.39 is 11.7 Å². The van der Waals surface area contributed by atoms with E-state index in [-0.39, 0.29) is 6.61 Å². The molecule has 0 fully saturated rings. The Morgan fingerprint density at radius 3 is 2.37 bits per heavy atom. The minimum absolute atomic E-state index is 0.128. The molecule has 0 bridgehead atoms. The van der Waals surface area contributed by atoms with Gasteiger partial charge in [-0.1, -0.05) is 11.8 Å². The Labute approximate surface area is 112 Å². The van der Waals surface area contributed by atoms with E-state index in [0.29, 0.717) is 15.7 Å². The average molecular weight is 288 g/mol. The number of hydrogen-bond acceptors (Lipinski definition) is 3. The Balaban J connectivity index is 2.17. The zero-order chi connectivity index (χ0) is 14.0. The van der Waals surface area contributed by atoms with Gasteiger partial charge in [-0.2, -0.15) is 13.2 Å². The van der Waals surface area contributed by atoms with Crippen molar-refractivity contribution in [2.75, 3.05) is 0 Å². The second-order valence-electron chi connectivity index (χ2n) is 3.87. The number of aliphatic hydroxyl groups is 1. The first-order valence-corrected chi connectivity index (χ1v) is 6.20. The second kappa shape index (κ2) is 5.26. The molecule has 0 saturated carbocycles. The monoisotopic (exact) mass is 288 g/mol. The van der Waals surface area contributed by atoms with E-state index in [1.807, 2.05) is 0 Å². The molecule has 1 N–H and O–H groups in total. The Morgan fingerprint density at radius 2 is 1.89 bits per heavy atom. The van der Waals surface area contributed by atoms with Crippen LogP contribution in [0.25, 0.3) is 0 Å². The number of nitrogens with zero attached hydrogens (tertiary/aromatic N) is 2. The first-order valence-electron chi connectivity index (χ1n) is 5.38. The maximum Gasteiger partial charge on any atom is 0.416 e. The molecular formula is C12H11F3N2OS. The van der Waals surface area contributed by atoms with Crippen LogP contribution in [0.5, 0.6) is 0 Å². The highest BCUT2D eigenvalue weighted by Gasteiger charge is 2.29. The Kier molecular flexibility index (Phi) is 3.86. The van der Waals surface area contributed by atoms with E-state index in [0.717, 1.165) is 12.1 Å². The van der Waals surface area contributed by atoms with Crippen LogP contribution in [0.3, 0.4) is 0 Å². The van der Waals surface area contributed by atoms with Crippen LogP contribution in [0.2, 0.25) is 0 Å². The molecule has 0 amide bonds. The normalized spacial score (nSPS) is 11.8. The fraction of sp³-hybridized carbons (Fsp3) is 0.250. The summed E-state index contributed by atoms with van der Waals surface area (Å²) in [6.07, 6.45) is -2.79. The Hall–Kier alpha value is -1.47. The van der Waals surface area contributed by atoms with Crippen LogP contribution in [-0.2, 0) is 19.8 Å². The van der Waals surface area contributed by atoms with Gasteiger partial charge in [0.25, 0.3) is 0 Å². The fourth-order valence-corrected chi connectivity index (χ4v) is 2.33. The zero-order valence-electron chi connectivity index (χ0n) is 9.98. The van der Waals surface area contributed by atoms with Crippen molar-refractivity contribution in [1.29, 1.82) is 0 Å². The minimum atomic E-state index is -4.32. The highest BCUT2D eigenvalue weighted by atomic mass is 32.2. The molecule has 0 spiro atoms. The molecular weight excluding hydrogens is 277 g/mol. The molecule has 0 aliphatic heterocycles. The molecule has 0 saturated heterocycles. The molecule has 0 atom stereocenters. The van der Waals surface area contributed by atoms with Gasteiger partial charge in [0, 0.05) is 11.9 Å². The van der Waals surface area contributed by atoms with Gasteiger partial charge in [-0.25, -0.2) is 4.98 Å². The van der Waals surface area contributed by atoms with Gasteiger partial charge in [0.15, 0.2) is 5.16 Å². The van der Waals surface area contributed by atoms with Gasteiger partial charge >= 0.3 is 6.18 Å². The number of halogens is 3. The zero-order valence-corrected chi connectivity index (χ0v) is 10.8. The Morgan fingerprint density at radius 1 is 1.26 bits per heavy atom. The van der Waals surface area contributed by atoms with E-state index in [2.05, 4.69) is 4.98 Å². The average Bonchev–Trinajstić information content (AvgIpc) is 2.70. The number of benzene rings is 1. The molecule has 7 heteroatoms. The van der Waals surface area contributed by atoms with Crippen molar-refractivity contribution < 1.29 is 18.3 Å². The number of hydrogen-bond donors (Lipinski definition) is 1. The van der Waals surface area contributed by atoms with Crippen molar-refractivity contribution in [3.05, 3.63) is 41.7 Å². The molecule has 1 heterocycles. The van der Waals surface area contributed by atoms with Crippen LogP contribution < -0.4 is 0 Å². The number of aromatic nitrogens is 2. The van der Waals surface area contributed by atoms with Crippen molar-refractivity contribution in [3.8, 4) is 0 Å². The minimum Gasteiger partial charge on any atom is -0.390 e. The molecule has 0 aliphatic rings. The lowest BCUT2D eigenvalue weighted by Crippen LogP contribution is -2.04. The van der Waals surface area contributed by atoms with Crippen LogP contribution in [0.15, 0.2) is 40.5 Å². The molecule has 0 unspecified atom stereocenters. The molecule has 0 radical (unpaired) electrons. The van der Waals surface area contributed by atoms with Gasteiger partial charge in [-0.3, -0.25) is 0 Å². The molecule has 1 aromatic carbocycles. The van der Waals surface area contributed by atoms with Crippen molar-refractivity contribution in [2.24, 2.45) is 7.05 Å². The molecule has 1 aromatic heterocycles. The van der Waals surface area contributed by atoms with E-state index in [4.69, 9.17) is 5.11 Å². The van der Waals surface area contributed by atoms with Crippen molar-refractivity contribution in [1.82, 2.24) is 9.55 Å². The molecule has 3 nitrogen and oxygen atoms in total. The lowest BCUT2D eigenvalue weighted by Gasteiger charge is -2.07. The van der Waals surface area contributed by atoms with Gasteiger partial charge in [0.1, 0.15) is 0 Å². The van der Waals surface area contributed by atoms with Gasteiger partial charge < -0.3 is 9.67 Å². The smallest absolute Gasteiger partial charge is 0.390 e. The van der Waals surface area contributed by atoms with Crippen LogP contribution in [0.1, 0.15) is 11.3 Å². The van der Waals surface area contributed by atoms with Crippen LogP contribution in [-0.4, -0.2) is 14.7 Å². The Bertz CT molecular complexity index is 563. The predicted octanol–water partition coefficient (Wildman–Crippen LogP) is 3.08. The van der Waals surface area contributed by atoms with Gasteiger partial charge in [0.2, 0.25) is 0 Å². The summed E-state index contributed by atoms with van der Waals surface area (Å²) in [5, 5.41) is 9.64. The summed E-state index contributed by atoms with van der Waals surface area (Å²) < 4.78 is 38.9. The van der Waals surface area contributed by atoms with Gasteiger partial charge in [-0.15, -0.1) is 0 Å². The van der Waals surface area contributed by atoms with Crippen molar-refractivity contribution in [3.63, 3.8) is 0 Å². The number of alkyl halides is 3. The van der Waals surface area contributed by atoms with Crippen LogP contribution >= 0.6 is 11.8 Å². The summed E-state index contributed by atoms with van der Waals surface area (Å²) in [5.41, 5.74) is -0.0258.